The summed E-state index contributed by atoms with van der Waals surface area (Å²) in [6, 6.07) is 7.98. The fraction of sp³-hybridized carbons (Fsp3) is 0.429. The monoisotopic (exact) mass is 337 g/mol. The van der Waals surface area contributed by atoms with Gasteiger partial charge in [0.05, 0.1) is 18.7 Å². The van der Waals surface area contributed by atoms with E-state index in [1.807, 2.05) is 24.3 Å². The first-order valence-corrected chi connectivity index (χ1v) is 7.49. The lowest BCUT2D eigenvalue weighted by Gasteiger charge is -2.20. The van der Waals surface area contributed by atoms with E-state index in [1.54, 1.807) is 0 Å². The predicted molar refractivity (Wildman–Crippen MR) is 78.0 cm³/mol. The Kier molecular flexibility index (Phi) is 4.14. The van der Waals surface area contributed by atoms with Gasteiger partial charge in [0.1, 0.15) is 0 Å². The topological polar surface area (TPSA) is 62.4 Å². The number of rotatable bonds is 4. The Balaban J connectivity index is 1.76. The molecule has 1 aromatic heterocycles. The molecule has 1 saturated heterocycles. The molecule has 1 N–H and O–H groups in total. The molecule has 3 rings (SSSR count). The van der Waals surface area contributed by atoms with Gasteiger partial charge in [0.25, 0.3) is 0 Å². The quantitative estimate of drug-likeness (QED) is 0.928. The van der Waals surface area contributed by atoms with Gasteiger partial charge in [0.2, 0.25) is 11.8 Å². The zero-order valence-electron chi connectivity index (χ0n) is 11.0. The van der Waals surface area contributed by atoms with Crippen molar-refractivity contribution < 1.29 is 9.52 Å². The van der Waals surface area contributed by atoms with Crippen molar-refractivity contribution in [2.24, 2.45) is 0 Å². The van der Waals surface area contributed by atoms with Crippen molar-refractivity contribution in [2.45, 2.75) is 25.4 Å². The highest BCUT2D eigenvalue weighted by Crippen LogP contribution is 2.27. The molecule has 106 valence electrons. The van der Waals surface area contributed by atoms with Crippen LogP contribution in [0.1, 0.15) is 18.7 Å². The van der Waals surface area contributed by atoms with Crippen LogP contribution in [0.2, 0.25) is 0 Å². The molecule has 0 aliphatic carbocycles. The van der Waals surface area contributed by atoms with E-state index in [-0.39, 0.29) is 12.6 Å². The molecule has 5 nitrogen and oxygen atoms in total. The van der Waals surface area contributed by atoms with Crippen molar-refractivity contribution in [2.75, 3.05) is 13.2 Å². The first-order valence-electron chi connectivity index (χ1n) is 6.70. The maximum absolute atomic E-state index is 9.32. The third kappa shape index (κ3) is 2.77. The molecule has 2 aromatic rings. The van der Waals surface area contributed by atoms with Crippen molar-refractivity contribution in [3.05, 3.63) is 34.6 Å². The summed E-state index contributed by atoms with van der Waals surface area (Å²) < 4.78 is 6.66. The van der Waals surface area contributed by atoms with Gasteiger partial charge in [0, 0.05) is 10.5 Å². The Morgan fingerprint density at radius 2 is 2.20 bits per heavy atom. The van der Waals surface area contributed by atoms with Gasteiger partial charge in [-0.15, -0.1) is 10.2 Å². The molecule has 6 heteroatoms. The van der Waals surface area contributed by atoms with E-state index in [1.165, 1.54) is 0 Å². The average molecular weight is 338 g/mol. The van der Waals surface area contributed by atoms with E-state index in [4.69, 9.17) is 4.42 Å². The molecule has 0 amide bonds. The van der Waals surface area contributed by atoms with Gasteiger partial charge in [-0.3, -0.25) is 4.90 Å². The van der Waals surface area contributed by atoms with Crippen molar-refractivity contribution in [3.63, 3.8) is 0 Å². The lowest BCUT2D eigenvalue weighted by Crippen LogP contribution is -2.31. The molecule has 1 atom stereocenters. The molecule has 0 radical (unpaired) electrons. The van der Waals surface area contributed by atoms with Gasteiger partial charge in [-0.1, -0.05) is 12.1 Å². The Morgan fingerprint density at radius 3 is 3.00 bits per heavy atom. The number of benzene rings is 1. The summed E-state index contributed by atoms with van der Waals surface area (Å²) in [5.41, 5.74) is 0.895. The second-order valence-electron chi connectivity index (χ2n) is 4.93. The summed E-state index contributed by atoms with van der Waals surface area (Å²) in [4.78, 5) is 2.19. The van der Waals surface area contributed by atoms with Crippen LogP contribution in [0.4, 0.5) is 0 Å². The Bertz CT molecular complexity index is 587. The number of hydrogen-bond acceptors (Lipinski definition) is 5. The van der Waals surface area contributed by atoms with E-state index in [0.717, 1.165) is 29.4 Å². The van der Waals surface area contributed by atoms with E-state index < -0.39 is 0 Å². The standard InChI is InChI=1S/C14H16BrN3O2/c15-12-6-2-1-5-11(12)14-17-16-13(20-14)8-18-7-3-4-10(18)9-19/h1-2,5-6,10,19H,3-4,7-9H2. The molecule has 20 heavy (non-hydrogen) atoms. The zero-order chi connectivity index (χ0) is 13.9. The average Bonchev–Trinajstić information content (AvgIpc) is 3.09. The van der Waals surface area contributed by atoms with Gasteiger partial charge in [-0.2, -0.15) is 0 Å². The summed E-state index contributed by atoms with van der Waals surface area (Å²) in [6.45, 7) is 1.76. The third-order valence-corrected chi connectivity index (χ3v) is 4.31. The summed E-state index contributed by atoms with van der Waals surface area (Å²) in [5.74, 6) is 1.11. The second-order valence-corrected chi connectivity index (χ2v) is 5.78. The zero-order valence-corrected chi connectivity index (χ0v) is 12.6. The minimum atomic E-state index is 0.186. The van der Waals surface area contributed by atoms with Crippen LogP contribution in [0.15, 0.2) is 33.2 Å². The van der Waals surface area contributed by atoms with E-state index in [9.17, 15) is 5.11 Å². The second kappa shape index (κ2) is 6.03. The number of nitrogens with zero attached hydrogens (tertiary/aromatic N) is 3. The van der Waals surface area contributed by atoms with E-state index in [0.29, 0.717) is 18.3 Å². The van der Waals surface area contributed by atoms with Crippen molar-refractivity contribution >= 4 is 15.9 Å². The normalized spacial score (nSPS) is 19.6. The van der Waals surface area contributed by atoms with Crippen LogP contribution in [0.3, 0.4) is 0 Å². The van der Waals surface area contributed by atoms with Gasteiger partial charge in [-0.05, 0) is 47.4 Å². The van der Waals surface area contributed by atoms with Crippen molar-refractivity contribution in [1.82, 2.24) is 15.1 Å². The highest BCUT2D eigenvalue weighted by molar-refractivity contribution is 9.10. The maximum Gasteiger partial charge on any atom is 0.248 e. The Labute approximate surface area is 125 Å². The number of hydrogen-bond donors (Lipinski definition) is 1. The fourth-order valence-electron chi connectivity index (χ4n) is 2.54. The van der Waals surface area contributed by atoms with E-state index >= 15 is 0 Å². The molecule has 1 unspecified atom stereocenters. The summed E-state index contributed by atoms with van der Waals surface area (Å²) in [7, 11) is 0. The van der Waals surface area contributed by atoms with Crippen LogP contribution in [0.25, 0.3) is 11.5 Å². The molecule has 1 aliphatic heterocycles. The van der Waals surface area contributed by atoms with Crippen molar-refractivity contribution in [1.29, 1.82) is 0 Å². The lowest BCUT2D eigenvalue weighted by molar-refractivity contribution is 0.144. The predicted octanol–water partition coefficient (Wildman–Crippen LogP) is 2.46. The van der Waals surface area contributed by atoms with Crippen molar-refractivity contribution in [3.8, 4) is 11.5 Å². The van der Waals surface area contributed by atoms with Gasteiger partial charge in [0.15, 0.2) is 0 Å². The molecular formula is C14H16BrN3O2. The minimum Gasteiger partial charge on any atom is -0.419 e. The number of aliphatic hydroxyl groups excluding tert-OH is 1. The van der Waals surface area contributed by atoms with Crippen LogP contribution in [0.5, 0.6) is 0 Å². The van der Waals surface area contributed by atoms with E-state index in [2.05, 4.69) is 31.0 Å². The molecule has 2 heterocycles. The molecule has 0 bridgehead atoms. The minimum absolute atomic E-state index is 0.186. The molecule has 1 aliphatic rings. The van der Waals surface area contributed by atoms with Crippen LogP contribution in [-0.2, 0) is 6.54 Å². The first-order chi connectivity index (χ1) is 9.78. The SMILES string of the molecule is OCC1CCCN1Cc1nnc(-c2ccccc2Br)o1. The first kappa shape index (κ1) is 13.7. The summed E-state index contributed by atoms with van der Waals surface area (Å²) in [6.07, 6.45) is 2.14. The van der Waals surface area contributed by atoms with Gasteiger partial charge >= 0.3 is 0 Å². The lowest BCUT2D eigenvalue weighted by atomic mass is 10.2. The molecular weight excluding hydrogens is 322 g/mol. The summed E-state index contributed by atoms with van der Waals surface area (Å²) in [5, 5.41) is 17.5. The van der Waals surface area contributed by atoms with Crippen LogP contribution in [-0.4, -0.2) is 39.4 Å². The molecule has 1 fully saturated rings. The number of halogens is 1. The van der Waals surface area contributed by atoms with Gasteiger partial charge < -0.3 is 9.52 Å². The highest BCUT2D eigenvalue weighted by atomic mass is 79.9. The largest absolute Gasteiger partial charge is 0.419 e. The number of likely N-dealkylation sites (tertiary alicyclic amines) is 1. The smallest absolute Gasteiger partial charge is 0.248 e. The van der Waals surface area contributed by atoms with Crippen LogP contribution in [0, 0.1) is 0 Å². The van der Waals surface area contributed by atoms with Crippen LogP contribution < -0.4 is 0 Å². The third-order valence-electron chi connectivity index (χ3n) is 3.62. The Hall–Kier alpha value is -1.24. The van der Waals surface area contributed by atoms with Gasteiger partial charge in [-0.25, -0.2) is 0 Å². The maximum atomic E-state index is 9.32. The highest BCUT2D eigenvalue weighted by Gasteiger charge is 2.25. The fourth-order valence-corrected chi connectivity index (χ4v) is 3.00. The molecule has 0 spiro atoms. The molecule has 1 aromatic carbocycles. The molecule has 0 saturated carbocycles. The summed E-state index contributed by atoms with van der Waals surface area (Å²) >= 11 is 3.48. The Morgan fingerprint density at radius 1 is 1.35 bits per heavy atom. The van der Waals surface area contributed by atoms with Crippen LogP contribution >= 0.6 is 15.9 Å². The number of aliphatic hydroxyl groups is 1. The number of aromatic nitrogens is 2.